The Hall–Kier alpha value is -3.77. The van der Waals surface area contributed by atoms with Gasteiger partial charge in [-0.15, -0.1) is 0 Å². The van der Waals surface area contributed by atoms with E-state index in [9.17, 15) is 9.65 Å². The summed E-state index contributed by atoms with van der Waals surface area (Å²) in [6.45, 7) is 3.96. The van der Waals surface area contributed by atoms with Gasteiger partial charge in [0.2, 0.25) is 5.88 Å². The summed E-state index contributed by atoms with van der Waals surface area (Å²) >= 11 is 5.84. The first-order chi connectivity index (χ1) is 19.1. The summed E-state index contributed by atoms with van der Waals surface area (Å²) in [5, 5.41) is 9.74. The van der Waals surface area contributed by atoms with Gasteiger partial charge in [-0.3, -0.25) is 4.90 Å². The first-order valence-electron chi connectivity index (χ1n) is 13.0. The molecule has 1 atom stereocenters. The molecule has 198 valence electrons. The minimum absolute atomic E-state index is 0.0784. The van der Waals surface area contributed by atoms with Gasteiger partial charge >= 0.3 is 0 Å². The summed E-state index contributed by atoms with van der Waals surface area (Å²) in [5.41, 5.74) is 4.96. The van der Waals surface area contributed by atoms with Crippen LogP contribution in [0.5, 0.6) is 5.88 Å². The number of hydrogen-bond acceptors (Lipinski definition) is 6. The summed E-state index contributed by atoms with van der Waals surface area (Å²) < 4.78 is 27.8. The third kappa shape index (κ3) is 5.66. The maximum absolute atomic E-state index is 14.1. The van der Waals surface area contributed by atoms with E-state index >= 15 is 0 Å². The molecule has 0 N–H and O–H groups in total. The Morgan fingerprint density at radius 2 is 2.05 bits per heavy atom. The second-order valence-electron chi connectivity index (χ2n) is 9.84. The lowest BCUT2D eigenvalue weighted by Crippen LogP contribution is -2.33. The topological polar surface area (TPSA) is 76.2 Å². The van der Waals surface area contributed by atoms with E-state index in [0.717, 1.165) is 67.2 Å². The molecule has 0 saturated carbocycles. The van der Waals surface area contributed by atoms with Crippen molar-refractivity contribution in [3.05, 3.63) is 94.2 Å². The second kappa shape index (κ2) is 11.1. The van der Waals surface area contributed by atoms with Crippen LogP contribution < -0.4 is 4.74 Å². The molecule has 0 radical (unpaired) electrons. The highest BCUT2D eigenvalue weighted by molar-refractivity contribution is 6.30. The number of nitrogens with zero attached hydrogens (tertiary/aromatic N) is 5. The fourth-order valence-electron chi connectivity index (χ4n) is 4.95. The number of benzene rings is 2. The summed E-state index contributed by atoms with van der Waals surface area (Å²) in [4.78, 5) is 11.9. The maximum atomic E-state index is 14.1. The fraction of sp³-hybridized carbons (Fsp3) is 0.300. The molecule has 2 aromatic carbocycles. The molecular formula is C30H27ClFN5O2. The van der Waals surface area contributed by atoms with Crippen molar-refractivity contribution in [2.24, 2.45) is 0 Å². The van der Waals surface area contributed by atoms with Crippen LogP contribution in [0, 0.1) is 17.1 Å². The van der Waals surface area contributed by atoms with Gasteiger partial charge in [0.25, 0.3) is 0 Å². The molecule has 6 rings (SSSR count). The third-order valence-corrected chi connectivity index (χ3v) is 7.47. The van der Waals surface area contributed by atoms with Crippen molar-refractivity contribution in [2.75, 3.05) is 19.7 Å². The SMILES string of the molecule is N#Cc1ccc2nc(CN3CC=C(c4cccc(OCc5ccc(Cl)cc5F)n4)CC3)n(C[C@@H]3CCO3)c2c1. The van der Waals surface area contributed by atoms with Gasteiger partial charge in [-0.1, -0.05) is 29.8 Å². The Kier molecular flexibility index (Phi) is 7.29. The molecule has 2 aromatic heterocycles. The predicted octanol–water partition coefficient (Wildman–Crippen LogP) is 5.75. The molecule has 7 nitrogen and oxygen atoms in total. The lowest BCUT2D eigenvalue weighted by Gasteiger charge is -2.29. The van der Waals surface area contributed by atoms with Crippen molar-refractivity contribution in [3.63, 3.8) is 0 Å². The van der Waals surface area contributed by atoms with Crippen molar-refractivity contribution in [2.45, 2.75) is 38.6 Å². The summed E-state index contributed by atoms with van der Waals surface area (Å²) in [6, 6.07) is 18.1. The van der Waals surface area contributed by atoms with Gasteiger partial charge in [0.1, 0.15) is 18.2 Å². The predicted molar refractivity (Wildman–Crippen MR) is 147 cm³/mol. The van der Waals surface area contributed by atoms with Crippen LogP contribution in [0.4, 0.5) is 4.39 Å². The molecule has 0 unspecified atom stereocenters. The summed E-state index contributed by atoms with van der Waals surface area (Å²) in [5.74, 6) is 1.04. The number of hydrogen-bond donors (Lipinski definition) is 0. The molecular weight excluding hydrogens is 517 g/mol. The number of pyridine rings is 1. The summed E-state index contributed by atoms with van der Waals surface area (Å²) in [7, 11) is 0. The van der Waals surface area contributed by atoms with Gasteiger partial charge in [0, 0.05) is 36.3 Å². The van der Waals surface area contributed by atoms with E-state index in [0.29, 0.717) is 28.6 Å². The highest BCUT2D eigenvalue weighted by atomic mass is 35.5. The van der Waals surface area contributed by atoms with Crippen LogP contribution in [0.2, 0.25) is 5.02 Å². The highest BCUT2D eigenvalue weighted by Crippen LogP contribution is 2.26. The van der Waals surface area contributed by atoms with Gasteiger partial charge < -0.3 is 14.0 Å². The standard InChI is InChI=1S/C30H27ClFN5O2/c31-23-6-5-22(25(32)15-23)19-39-30-3-1-2-26(35-30)21-8-11-36(12-9-21)18-29-34-27-7-4-20(16-33)14-28(27)37(29)17-24-10-13-38-24/h1-8,14-15,24H,9-13,17-19H2/t24-/m0/s1. The molecule has 4 heterocycles. The Morgan fingerprint density at radius 3 is 2.79 bits per heavy atom. The molecule has 39 heavy (non-hydrogen) atoms. The average Bonchev–Trinajstić information content (AvgIpc) is 3.26. The smallest absolute Gasteiger partial charge is 0.214 e. The first-order valence-corrected chi connectivity index (χ1v) is 13.4. The van der Waals surface area contributed by atoms with E-state index in [1.807, 2.05) is 30.3 Å². The lowest BCUT2D eigenvalue weighted by atomic mass is 10.0. The maximum Gasteiger partial charge on any atom is 0.214 e. The highest BCUT2D eigenvalue weighted by Gasteiger charge is 2.23. The third-order valence-electron chi connectivity index (χ3n) is 7.24. The molecule has 1 saturated heterocycles. The molecule has 2 aliphatic rings. The van der Waals surface area contributed by atoms with E-state index in [-0.39, 0.29) is 12.7 Å². The molecule has 1 fully saturated rings. The van der Waals surface area contributed by atoms with Crippen molar-refractivity contribution < 1.29 is 13.9 Å². The number of aromatic nitrogens is 3. The van der Waals surface area contributed by atoms with E-state index in [1.165, 1.54) is 6.07 Å². The zero-order valence-corrected chi connectivity index (χ0v) is 22.1. The van der Waals surface area contributed by atoms with Crippen LogP contribution in [0.3, 0.4) is 0 Å². The van der Waals surface area contributed by atoms with Crippen LogP contribution in [-0.2, 0) is 24.4 Å². The zero-order valence-electron chi connectivity index (χ0n) is 21.3. The van der Waals surface area contributed by atoms with Crippen LogP contribution in [0.1, 0.15) is 35.5 Å². The molecule has 0 spiro atoms. The number of fused-ring (bicyclic) bond motifs is 1. The normalized spacial score (nSPS) is 17.5. The molecule has 4 aromatic rings. The van der Waals surface area contributed by atoms with E-state index in [2.05, 4.69) is 26.6 Å². The Labute approximate surface area is 231 Å². The van der Waals surface area contributed by atoms with E-state index in [1.54, 1.807) is 18.2 Å². The Bertz CT molecular complexity index is 1590. The quantitative estimate of drug-likeness (QED) is 0.281. The van der Waals surface area contributed by atoms with Crippen molar-refractivity contribution in [1.82, 2.24) is 19.4 Å². The number of nitriles is 1. The monoisotopic (exact) mass is 543 g/mol. The number of ether oxygens (including phenoxy) is 2. The molecule has 2 aliphatic heterocycles. The van der Waals surface area contributed by atoms with E-state index in [4.69, 9.17) is 26.1 Å². The summed E-state index contributed by atoms with van der Waals surface area (Å²) in [6.07, 6.45) is 4.27. The number of imidazole rings is 1. The van der Waals surface area contributed by atoms with Crippen LogP contribution in [0.15, 0.2) is 60.7 Å². The van der Waals surface area contributed by atoms with Gasteiger partial charge in [0.05, 0.1) is 47.6 Å². The van der Waals surface area contributed by atoms with Crippen molar-refractivity contribution in [1.29, 1.82) is 5.26 Å². The van der Waals surface area contributed by atoms with Gasteiger partial charge in [-0.2, -0.15) is 5.26 Å². The van der Waals surface area contributed by atoms with Gasteiger partial charge in [0.15, 0.2) is 0 Å². The number of rotatable bonds is 8. The molecule has 0 aliphatic carbocycles. The van der Waals surface area contributed by atoms with E-state index < -0.39 is 5.82 Å². The van der Waals surface area contributed by atoms with Gasteiger partial charge in [-0.05, 0) is 54.8 Å². The Morgan fingerprint density at radius 1 is 1.15 bits per heavy atom. The van der Waals surface area contributed by atoms with Crippen LogP contribution in [0.25, 0.3) is 16.6 Å². The fourth-order valence-corrected chi connectivity index (χ4v) is 5.11. The second-order valence-corrected chi connectivity index (χ2v) is 10.3. The molecule has 0 bridgehead atoms. The van der Waals surface area contributed by atoms with Gasteiger partial charge in [-0.25, -0.2) is 14.4 Å². The average molecular weight is 544 g/mol. The van der Waals surface area contributed by atoms with Crippen molar-refractivity contribution >= 4 is 28.2 Å². The first kappa shape index (κ1) is 25.5. The molecule has 9 heteroatoms. The largest absolute Gasteiger partial charge is 0.473 e. The molecule has 0 amide bonds. The lowest BCUT2D eigenvalue weighted by molar-refractivity contribution is -0.0591. The number of halogens is 2. The minimum atomic E-state index is -0.395. The van der Waals surface area contributed by atoms with Crippen molar-refractivity contribution in [3.8, 4) is 11.9 Å². The zero-order chi connectivity index (χ0) is 26.8. The Balaban J connectivity index is 1.14. The van der Waals surface area contributed by atoms with Crippen LogP contribution >= 0.6 is 11.6 Å². The minimum Gasteiger partial charge on any atom is -0.473 e. The van der Waals surface area contributed by atoms with Crippen LogP contribution in [-0.4, -0.2) is 45.2 Å².